The topological polar surface area (TPSA) is 39.4 Å². The predicted molar refractivity (Wildman–Crippen MR) is 96.6 cm³/mol. The summed E-state index contributed by atoms with van der Waals surface area (Å²) in [6.45, 7) is 4.11. The molecule has 0 aliphatic heterocycles. The lowest BCUT2D eigenvalue weighted by Crippen LogP contribution is -2.08. The molecule has 0 saturated carbocycles. The molecule has 130 valence electrons. The van der Waals surface area contributed by atoms with Crippen molar-refractivity contribution in [1.29, 1.82) is 0 Å². The zero-order valence-corrected chi connectivity index (χ0v) is 14.5. The van der Waals surface area contributed by atoms with Crippen LogP contribution in [-0.2, 0) is 13.0 Å². The number of fused-ring (bicyclic) bond motifs is 1. The van der Waals surface area contributed by atoms with Crippen molar-refractivity contribution in [3.63, 3.8) is 0 Å². The standard InChI is InChI=1S/C21H21FO3/c1-3-4-5-18-12-15-8-9-16(20(22)19(15)21(23)25-18)13-24-17-10-6-14(2)7-11-17/h6-12H,3-5,13H2,1-2H3. The Balaban J connectivity index is 1.87. The van der Waals surface area contributed by atoms with E-state index >= 15 is 0 Å². The Morgan fingerprint density at radius 2 is 1.88 bits per heavy atom. The van der Waals surface area contributed by atoms with Crippen LogP contribution in [0.3, 0.4) is 0 Å². The van der Waals surface area contributed by atoms with E-state index in [2.05, 4.69) is 6.92 Å². The molecule has 0 aliphatic carbocycles. The quantitative estimate of drug-likeness (QED) is 0.622. The van der Waals surface area contributed by atoms with Gasteiger partial charge in [-0.15, -0.1) is 0 Å². The molecule has 0 atom stereocenters. The van der Waals surface area contributed by atoms with E-state index in [1.54, 1.807) is 18.2 Å². The Labute approximate surface area is 146 Å². The molecule has 1 heterocycles. The maximum atomic E-state index is 14.7. The van der Waals surface area contributed by atoms with Gasteiger partial charge in [-0.1, -0.05) is 43.2 Å². The first-order valence-electron chi connectivity index (χ1n) is 8.52. The summed E-state index contributed by atoms with van der Waals surface area (Å²) in [5.74, 6) is 0.690. The van der Waals surface area contributed by atoms with Gasteiger partial charge in [0.1, 0.15) is 29.3 Å². The largest absolute Gasteiger partial charge is 0.489 e. The van der Waals surface area contributed by atoms with Crippen LogP contribution >= 0.6 is 0 Å². The van der Waals surface area contributed by atoms with E-state index < -0.39 is 11.4 Å². The van der Waals surface area contributed by atoms with Gasteiger partial charge in [0.25, 0.3) is 0 Å². The third kappa shape index (κ3) is 3.90. The zero-order valence-electron chi connectivity index (χ0n) is 14.5. The SMILES string of the molecule is CCCCc1cc2ccc(COc3ccc(C)cc3)c(F)c2c(=O)o1. The molecule has 0 amide bonds. The van der Waals surface area contributed by atoms with Crippen molar-refractivity contribution in [3.05, 3.63) is 75.6 Å². The highest BCUT2D eigenvalue weighted by Crippen LogP contribution is 2.22. The molecule has 0 saturated heterocycles. The van der Waals surface area contributed by atoms with E-state index in [1.807, 2.05) is 31.2 Å². The molecule has 0 fully saturated rings. The molecule has 0 bridgehead atoms. The van der Waals surface area contributed by atoms with Gasteiger partial charge in [-0.25, -0.2) is 9.18 Å². The number of rotatable bonds is 6. The van der Waals surface area contributed by atoms with E-state index in [0.717, 1.165) is 18.4 Å². The third-order valence-corrected chi connectivity index (χ3v) is 4.19. The normalized spacial score (nSPS) is 11.0. The van der Waals surface area contributed by atoms with Crippen LogP contribution in [0.4, 0.5) is 4.39 Å². The third-order valence-electron chi connectivity index (χ3n) is 4.19. The molecule has 3 nitrogen and oxygen atoms in total. The Bertz CT molecular complexity index is 926. The average Bonchev–Trinajstić information content (AvgIpc) is 2.60. The Kier molecular flexibility index (Phi) is 5.17. The second kappa shape index (κ2) is 7.51. The van der Waals surface area contributed by atoms with Crippen molar-refractivity contribution in [1.82, 2.24) is 0 Å². The van der Waals surface area contributed by atoms with E-state index in [0.29, 0.717) is 28.9 Å². The molecule has 1 aromatic heterocycles. The molecule has 3 rings (SSSR count). The van der Waals surface area contributed by atoms with Gasteiger partial charge < -0.3 is 9.15 Å². The van der Waals surface area contributed by atoms with Gasteiger partial charge in [-0.2, -0.15) is 0 Å². The minimum Gasteiger partial charge on any atom is -0.489 e. The van der Waals surface area contributed by atoms with E-state index in [1.165, 1.54) is 0 Å². The Morgan fingerprint density at radius 1 is 1.12 bits per heavy atom. The number of ether oxygens (including phenoxy) is 1. The molecule has 0 unspecified atom stereocenters. The van der Waals surface area contributed by atoms with Crippen molar-refractivity contribution >= 4 is 10.8 Å². The molecule has 0 radical (unpaired) electrons. The van der Waals surface area contributed by atoms with Gasteiger partial charge in [-0.05, 0) is 36.9 Å². The van der Waals surface area contributed by atoms with Crippen LogP contribution in [0.1, 0.15) is 36.7 Å². The fraction of sp³-hybridized carbons (Fsp3) is 0.286. The van der Waals surface area contributed by atoms with Gasteiger partial charge in [0.05, 0.1) is 0 Å². The van der Waals surface area contributed by atoms with Crippen molar-refractivity contribution in [2.45, 2.75) is 39.7 Å². The van der Waals surface area contributed by atoms with Crippen LogP contribution in [0.5, 0.6) is 5.75 Å². The molecule has 4 heteroatoms. The molecule has 3 aromatic rings. The van der Waals surface area contributed by atoms with Crippen molar-refractivity contribution in [2.75, 3.05) is 0 Å². The van der Waals surface area contributed by atoms with Crippen LogP contribution in [0.15, 0.2) is 51.7 Å². The number of unbranched alkanes of at least 4 members (excludes halogenated alkanes) is 1. The zero-order chi connectivity index (χ0) is 17.8. The first-order chi connectivity index (χ1) is 12.1. The van der Waals surface area contributed by atoms with Gasteiger partial charge >= 0.3 is 5.63 Å². The highest BCUT2D eigenvalue weighted by Gasteiger charge is 2.14. The fourth-order valence-electron chi connectivity index (χ4n) is 2.72. The molecule has 0 aliphatic rings. The summed E-state index contributed by atoms with van der Waals surface area (Å²) < 4.78 is 25.6. The highest BCUT2D eigenvalue weighted by atomic mass is 19.1. The van der Waals surface area contributed by atoms with E-state index in [9.17, 15) is 9.18 Å². The maximum Gasteiger partial charge on any atom is 0.346 e. The van der Waals surface area contributed by atoms with Crippen LogP contribution in [0.2, 0.25) is 0 Å². The number of hydrogen-bond donors (Lipinski definition) is 0. The number of benzene rings is 2. The summed E-state index contributed by atoms with van der Waals surface area (Å²) in [6.07, 6.45) is 2.62. The fourth-order valence-corrected chi connectivity index (χ4v) is 2.72. The van der Waals surface area contributed by atoms with Crippen molar-refractivity contribution in [3.8, 4) is 5.75 Å². The predicted octanol–water partition coefficient (Wildman–Crippen LogP) is 5.16. The summed E-state index contributed by atoms with van der Waals surface area (Å²) in [5.41, 5.74) is 0.834. The van der Waals surface area contributed by atoms with Gasteiger partial charge in [0.2, 0.25) is 0 Å². The summed E-state index contributed by atoms with van der Waals surface area (Å²) in [7, 11) is 0. The summed E-state index contributed by atoms with van der Waals surface area (Å²) >= 11 is 0. The van der Waals surface area contributed by atoms with E-state index in [-0.39, 0.29) is 12.0 Å². The van der Waals surface area contributed by atoms with E-state index in [4.69, 9.17) is 9.15 Å². The minimum atomic E-state index is -0.627. The second-order valence-electron chi connectivity index (χ2n) is 6.21. The summed E-state index contributed by atoms with van der Waals surface area (Å²) in [4.78, 5) is 12.2. The maximum absolute atomic E-state index is 14.7. The number of hydrogen-bond acceptors (Lipinski definition) is 3. The summed E-state index contributed by atoms with van der Waals surface area (Å²) in [5, 5.41) is 0.559. The number of halogens is 1. The molecular formula is C21H21FO3. The Morgan fingerprint density at radius 3 is 2.60 bits per heavy atom. The van der Waals surface area contributed by atoms with Crippen molar-refractivity contribution < 1.29 is 13.5 Å². The van der Waals surface area contributed by atoms with Crippen LogP contribution < -0.4 is 10.4 Å². The Hall–Kier alpha value is -2.62. The van der Waals surface area contributed by atoms with Gasteiger partial charge in [0.15, 0.2) is 0 Å². The molecule has 25 heavy (non-hydrogen) atoms. The molecule has 2 aromatic carbocycles. The van der Waals surface area contributed by atoms with Crippen LogP contribution in [0, 0.1) is 12.7 Å². The average molecular weight is 340 g/mol. The second-order valence-corrected chi connectivity index (χ2v) is 6.21. The number of aryl methyl sites for hydroxylation is 2. The van der Waals surface area contributed by atoms with Crippen LogP contribution in [0.25, 0.3) is 10.8 Å². The smallest absolute Gasteiger partial charge is 0.346 e. The lowest BCUT2D eigenvalue weighted by Gasteiger charge is -2.09. The van der Waals surface area contributed by atoms with Crippen molar-refractivity contribution in [2.24, 2.45) is 0 Å². The first kappa shape index (κ1) is 17.2. The lowest BCUT2D eigenvalue weighted by atomic mass is 10.1. The molecule has 0 N–H and O–H groups in total. The molecular weight excluding hydrogens is 319 g/mol. The summed E-state index contributed by atoms with van der Waals surface area (Å²) in [6, 6.07) is 12.7. The lowest BCUT2D eigenvalue weighted by molar-refractivity contribution is 0.300. The highest BCUT2D eigenvalue weighted by molar-refractivity contribution is 5.82. The monoisotopic (exact) mass is 340 g/mol. The molecule has 0 spiro atoms. The van der Waals surface area contributed by atoms with Gasteiger partial charge in [-0.3, -0.25) is 0 Å². The van der Waals surface area contributed by atoms with Gasteiger partial charge in [0, 0.05) is 12.0 Å². The first-order valence-corrected chi connectivity index (χ1v) is 8.52. The van der Waals surface area contributed by atoms with Crippen LogP contribution in [-0.4, -0.2) is 0 Å². The minimum absolute atomic E-state index is 0.00902.